The molecule has 2 heterocycles. The van der Waals surface area contributed by atoms with Crippen molar-refractivity contribution in [2.75, 3.05) is 0 Å². The summed E-state index contributed by atoms with van der Waals surface area (Å²) in [5.41, 5.74) is 5.00. The van der Waals surface area contributed by atoms with E-state index in [2.05, 4.69) is 57.1 Å². The van der Waals surface area contributed by atoms with Crippen LogP contribution in [0.2, 0.25) is 0 Å². The molecule has 3 aromatic rings. The molecular weight excluding hydrogens is 288 g/mol. The van der Waals surface area contributed by atoms with E-state index in [9.17, 15) is 0 Å². The number of aromatic amines is 1. The molecule has 18 heavy (non-hydrogen) atoms. The number of hydrogen-bond acceptors (Lipinski definition) is 1. The molecule has 2 nitrogen and oxygen atoms in total. The summed E-state index contributed by atoms with van der Waals surface area (Å²) >= 11 is 3.54. The molecule has 0 radical (unpaired) electrons. The van der Waals surface area contributed by atoms with E-state index in [0.717, 1.165) is 10.9 Å². The Morgan fingerprint density at radius 1 is 1.28 bits per heavy atom. The van der Waals surface area contributed by atoms with Crippen LogP contribution in [0.3, 0.4) is 0 Å². The Labute approximate surface area is 114 Å². The van der Waals surface area contributed by atoms with Gasteiger partial charge in [-0.15, -0.1) is 0 Å². The van der Waals surface area contributed by atoms with Gasteiger partial charge in [0.1, 0.15) is 0 Å². The van der Waals surface area contributed by atoms with Crippen LogP contribution in [-0.4, -0.2) is 9.97 Å². The summed E-state index contributed by atoms with van der Waals surface area (Å²) in [6.07, 6.45) is 4.65. The van der Waals surface area contributed by atoms with Gasteiger partial charge in [-0.3, -0.25) is 4.98 Å². The highest BCUT2D eigenvalue weighted by molar-refractivity contribution is 9.10. The molecule has 1 aromatic carbocycles. The number of aromatic nitrogens is 2. The highest BCUT2D eigenvalue weighted by Crippen LogP contribution is 2.27. The third kappa shape index (κ3) is 2.06. The second-order valence-electron chi connectivity index (χ2n) is 4.46. The highest BCUT2D eigenvalue weighted by Gasteiger charge is 2.09. The van der Waals surface area contributed by atoms with E-state index in [1.807, 2.05) is 18.5 Å². The van der Waals surface area contributed by atoms with Gasteiger partial charge in [0, 0.05) is 39.9 Å². The molecule has 0 amide bonds. The molecule has 2 aromatic heterocycles. The molecule has 0 aliphatic carbocycles. The van der Waals surface area contributed by atoms with Crippen LogP contribution in [0.4, 0.5) is 0 Å². The number of halogens is 1. The first-order valence-corrected chi connectivity index (χ1v) is 6.69. The molecule has 3 rings (SSSR count). The lowest BCUT2D eigenvalue weighted by Crippen LogP contribution is -1.90. The van der Waals surface area contributed by atoms with Gasteiger partial charge >= 0.3 is 0 Å². The summed E-state index contributed by atoms with van der Waals surface area (Å²) < 4.78 is 1.11. The number of H-pyrrole nitrogens is 1. The SMILES string of the molecule is Cc1[nH]c2ccc(Br)cc2c1Cc1cccnc1. The van der Waals surface area contributed by atoms with Crippen LogP contribution in [0, 0.1) is 6.92 Å². The fourth-order valence-electron chi connectivity index (χ4n) is 2.29. The van der Waals surface area contributed by atoms with Crippen molar-refractivity contribution in [2.24, 2.45) is 0 Å². The maximum atomic E-state index is 4.17. The summed E-state index contributed by atoms with van der Waals surface area (Å²) in [4.78, 5) is 7.61. The molecule has 1 N–H and O–H groups in total. The van der Waals surface area contributed by atoms with Crippen LogP contribution in [0.15, 0.2) is 47.2 Å². The molecule has 0 fully saturated rings. The third-order valence-corrected chi connectivity index (χ3v) is 3.68. The average Bonchev–Trinajstić information content (AvgIpc) is 2.67. The van der Waals surface area contributed by atoms with E-state index in [-0.39, 0.29) is 0 Å². The van der Waals surface area contributed by atoms with Gasteiger partial charge < -0.3 is 4.98 Å². The van der Waals surface area contributed by atoms with Gasteiger partial charge in [-0.2, -0.15) is 0 Å². The summed E-state index contributed by atoms with van der Waals surface area (Å²) in [7, 11) is 0. The minimum Gasteiger partial charge on any atom is -0.358 e. The minimum atomic E-state index is 0.913. The van der Waals surface area contributed by atoms with Crippen molar-refractivity contribution in [2.45, 2.75) is 13.3 Å². The maximum Gasteiger partial charge on any atom is 0.0459 e. The molecule has 0 unspecified atom stereocenters. The average molecular weight is 301 g/mol. The van der Waals surface area contributed by atoms with Crippen molar-refractivity contribution >= 4 is 26.8 Å². The molecule has 0 saturated carbocycles. The van der Waals surface area contributed by atoms with Crippen molar-refractivity contribution < 1.29 is 0 Å². The lowest BCUT2D eigenvalue weighted by molar-refractivity contribution is 1.12. The molecular formula is C15H13BrN2. The van der Waals surface area contributed by atoms with E-state index < -0.39 is 0 Å². The number of benzene rings is 1. The van der Waals surface area contributed by atoms with Gasteiger partial charge in [-0.1, -0.05) is 22.0 Å². The number of nitrogens with zero attached hydrogens (tertiary/aromatic N) is 1. The number of aryl methyl sites for hydroxylation is 1. The standard InChI is InChI=1S/C15H13BrN2/c1-10-13(7-11-3-2-6-17-9-11)14-8-12(16)4-5-15(14)18-10/h2-6,8-9,18H,7H2,1H3. The second kappa shape index (κ2) is 4.58. The molecule has 0 aliphatic rings. The predicted octanol–water partition coefficient (Wildman–Crippen LogP) is 4.22. The maximum absolute atomic E-state index is 4.17. The number of fused-ring (bicyclic) bond motifs is 1. The summed E-state index contributed by atoms with van der Waals surface area (Å²) in [6.45, 7) is 2.12. The van der Waals surface area contributed by atoms with Crippen LogP contribution in [-0.2, 0) is 6.42 Å². The van der Waals surface area contributed by atoms with Crippen molar-refractivity contribution in [3.05, 3.63) is 64.0 Å². The topological polar surface area (TPSA) is 28.7 Å². The highest BCUT2D eigenvalue weighted by atomic mass is 79.9. The van der Waals surface area contributed by atoms with Gasteiger partial charge in [-0.25, -0.2) is 0 Å². The smallest absolute Gasteiger partial charge is 0.0459 e. The van der Waals surface area contributed by atoms with Crippen molar-refractivity contribution in [1.82, 2.24) is 9.97 Å². The van der Waals surface area contributed by atoms with E-state index >= 15 is 0 Å². The van der Waals surface area contributed by atoms with Crippen molar-refractivity contribution in [3.63, 3.8) is 0 Å². The normalized spacial score (nSPS) is 11.0. The van der Waals surface area contributed by atoms with Gasteiger partial charge in [-0.05, 0) is 42.3 Å². The fraction of sp³-hybridized carbons (Fsp3) is 0.133. The van der Waals surface area contributed by atoms with Gasteiger partial charge in [0.2, 0.25) is 0 Å². The Kier molecular flexibility index (Phi) is 2.92. The van der Waals surface area contributed by atoms with Crippen LogP contribution in [0.1, 0.15) is 16.8 Å². The lowest BCUT2D eigenvalue weighted by Gasteiger charge is -2.02. The summed E-state index contributed by atoms with van der Waals surface area (Å²) in [6, 6.07) is 10.4. The number of pyridine rings is 1. The van der Waals surface area contributed by atoms with Crippen molar-refractivity contribution in [3.8, 4) is 0 Å². The zero-order valence-electron chi connectivity index (χ0n) is 10.1. The number of hydrogen-bond donors (Lipinski definition) is 1. The molecule has 0 spiro atoms. The molecule has 3 heteroatoms. The van der Waals surface area contributed by atoms with E-state index in [1.165, 1.54) is 27.7 Å². The number of nitrogens with one attached hydrogen (secondary N) is 1. The molecule has 0 saturated heterocycles. The largest absolute Gasteiger partial charge is 0.358 e. The van der Waals surface area contributed by atoms with E-state index in [4.69, 9.17) is 0 Å². The lowest BCUT2D eigenvalue weighted by atomic mass is 10.0. The Morgan fingerprint density at radius 2 is 2.17 bits per heavy atom. The quantitative estimate of drug-likeness (QED) is 0.754. The van der Waals surface area contributed by atoms with Gasteiger partial charge in [0.25, 0.3) is 0 Å². The van der Waals surface area contributed by atoms with Crippen LogP contribution < -0.4 is 0 Å². The number of rotatable bonds is 2. The minimum absolute atomic E-state index is 0.913. The molecule has 90 valence electrons. The molecule has 0 bridgehead atoms. The molecule has 0 aliphatic heterocycles. The molecule has 0 atom stereocenters. The van der Waals surface area contributed by atoms with Crippen LogP contribution in [0.25, 0.3) is 10.9 Å². The Hall–Kier alpha value is -1.61. The zero-order chi connectivity index (χ0) is 12.5. The third-order valence-electron chi connectivity index (χ3n) is 3.19. The summed E-state index contributed by atoms with van der Waals surface area (Å²) in [5.74, 6) is 0. The predicted molar refractivity (Wildman–Crippen MR) is 77.8 cm³/mol. The van der Waals surface area contributed by atoms with Crippen LogP contribution in [0.5, 0.6) is 0 Å². The van der Waals surface area contributed by atoms with Crippen LogP contribution >= 0.6 is 15.9 Å². The Balaban J connectivity index is 2.11. The first-order valence-electron chi connectivity index (χ1n) is 5.89. The Morgan fingerprint density at radius 3 is 2.94 bits per heavy atom. The first-order chi connectivity index (χ1) is 8.74. The van der Waals surface area contributed by atoms with Crippen molar-refractivity contribution in [1.29, 1.82) is 0 Å². The monoisotopic (exact) mass is 300 g/mol. The second-order valence-corrected chi connectivity index (χ2v) is 5.37. The summed E-state index contributed by atoms with van der Waals surface area (Å²) in [5, 5.41) is 1.28. The van der Waals surface area contributed by atoms with E-state index in [0.29, 0.717) is 0 Å². The van der Waals surface area contributed by atoms with Gasteiger partial charge in [0.05, 0.1) is 0 Å². The zero-order valence-corrected chi connectivity index (χ0v) is 11.7. The fourth-order valence-corrected chi connectivity index (χ4v) is 2.65. The van der Waals surface area contributed by atoms with Gasteiger partial charge in [0.15, 0.2) is 0 Å². The Bertz CT molecular complexity index is 686. The first kappa shape index (κ1) is 11.5. The van der Waals surface area contributed by atoms with E-state index in [1.54, 1.807) is 0 Å².